The van der Waals surface area contributed by atoms with Gasteiger partial charge in [0, 0.05) is 28.6 Å². The third kappa shape index (κ3) is 6.44. The van der Waals surface area contributed by atoms with Crippen molar-refractivity contribution in [1.29, 1.82) is 0 Å². The number of aliphatic imine (C=N–C) groups is 1. The molecule has 0 radical (unpaired) electrons. The van der Waals surface area contributed by atoms with Gasteiger partial charge >= 0.3 is 0 Å². The van der Waals surface area contributed by atoms with Gasteiger partial charge in [0.2, 0.25) is 5.91 Å². The highest BCUT2D eigenvalue weighted by Gasteiger charge is 2.05. The summed E-state index contributed by atoms with van der Waals surface area (Å²) in [7, 11) is 0. The van der Waals surface area contributed by atoms with E-state index in [9.17, 15) is 4.79 Å². The lowest BCUT2D eigenvalue weighted by molar-refractivity contribution is -0.113. The fourth-order valence-corrected chi connectivity index (χ4v) is 3.51. The minimum atomic E-state index is -0.0386. The molecule has 0 aliphatic heterocycles. The van der Waals surface area contributed by atoms with Crippen molar-refractivity contribution >= 4 is 46.9 Å². The van der Waals surface area contributed by atoms with Gasteiger partial charge in [-0.15, -0.1) is 11.8 Å². The average molecular weight is 424 g/mol. The molecule has 1 amide bonds. The van der Waals surface area contributed by atoms with Gasteiger partial charge in [-0.05, 0) is 53.9 Å². The number of benzene rings is 2. The highest BCUT2D eigenvalue weighted by Crippen LogP contribution is 2.24. The van der Waals surface area contributed by atoms with Crippen LogP contribution in [0.2, 0.25) is 5.15 Å². The molecule has 4 nitrogen and oxygen atoms in total. The molecular weight excluding hydrogens is 402 g/mol. The maximum Gasteiger partial charge on any atom is 0.234 e. The molecule has 0 unspecified atom stereocenters. The SMILES string of the molecule is CC(C)c1ccc(NC(=O)CSc2cccc(N=Cc3cccnc3Cl)c2)cc1. The number of nitrogens with zero attached hydrogens (tertiary/aromatic N) is 2. The number of carbonyl (C=O) groups excluding carboxylic acids is 1. The molecule has 0 bridgehead atoms. The Balaban J connectivity index is 1.56. The van der Waals surface area contributed by atoms with Crippen LogP contribution in [0, 0.1) is 0 Å². The maximum absolute atomic E-state index is 12.3. The number of aromatic nitrogens is 1. The number of amides is 1. The average Bonchev–Trinajstić information content (AvgIpc) is 2.72. The molecule has 1 N–H and O–H groups in total. The fraction of sp³-hybridized carbons (Fsp3) is 0.174. The van der Waals surface area contributed by atoms with Crippen LogP contribution in [0.5, 0.6) is 0 Å². The van der Waals surface area contributed by atoms with E-state index in [0.29, 0.717) is 16.8 Å². The summed E-state index contributed by atoms with van der Waals surface area (Å²) in [5.41, 5.74) is 3.61. The predicted octanol–water partition coefficient (Wildman–Crippen LogP) is 6.34. The van der Waals surface area contributed by atoms with Gasteiger partial charge in [-0.1, -0.05) is 43.6 Å². The van der Waals surface area contributed by atoms with Gasteiger partial charge in [0.1, 0.15) is 5.15 Å². The minimum absolute atomic E-state index is 0.0386. The molecule has 1 aromatic heterocycles. The van der Waals surface area contributed by atoms with Crippen molar-refractivity contribution in [1.82, 2.24) is 4.98 Å². The lowest BCUT2D eigenvalue weighted by Crippen LogP contribution is -2.13. The highest BCUT2D eigenvalue weighted by molar-refractivity contribution is 8.00. The number of anilines is 1. The van der Waals surface area contributed by atoms with E-state index < -0.39 is 0 Å². The Morgan fingerprint density at radius 3 is 2.69 bits per heavy atom. The normalized spacial score (nSPS) is 11.2. The highest BCUT2D eigenvalue weighted by atomic mass is 35.5. The monoisotopic (exact) mass is 423 g/mol. The van der Waals surface area contributed by atoms with Gasteiger partial charge in [0.15, 0.2) is 0 Å². The number of carbonyl (C=O) groups is 1. The van der Waals surface area contributed by atoms with Crippen molar-refractivity contribution in [3.05, 3.63) is 83.1 Å². The number of hydrogen-bond acceptors (Lipinski definition) is 4. The summed E-state index contributed by atoms with van der Waals surface area (Å²) in [4.78, 5) is 21.7. The molecule has 148 valence electrons. The molecule has 0 aliphatic rings. The topological polar surface area (TPSA) is 54.4 Å². The lowest BCUT2D eigenvalue weighted by Gasteiger charge is -2.08. The molecule has 6 heteroatoms. The Bertz CT molecular complexity index is 1000. The largest absolute Gasteiger partial charge is 0.325 e. The van der Waals surface area contributed by atoms with Crippen LogP contribution in [0.3, 0.4) is 0 Å². The molecule has 0 atom stereocenters. The van der Waals surface area contributed by atoms with Crippen LogP contribution in [-0.2, 0) is 4.79 Å². The molecule has 1 heterocycles. The molecule has 0 aliphatic carbocycles. The molecule has 0 fully saturated rings. The summed E-state index contributed by atoms with van der Waals surface area (Å²) in [6.45, 7) is 4.29. The smallest absolute Gasteiger partial charge is 0.234 e. The summed E-state index contributed by atoms with van der Waals surface area (Å²) in [6.07, 6.45) is 3.33. The number of hydrogen-bond donors (Lipinski definition) is 1. The quantitative estimate of drug-likeness (QED) is 0.274. The van der Waals surface area contributed by atoms with E-state index in [4.69, 9.17) is 11.6 Å². The first-order valence-electron chi connectivity index (χ1n) is 9.28. The molecule has 0 spiro atoms. The Morgan fingerprint density at radius 1 is 1.17 bits per heavy atom. The molecule has 29 heavy (non-hydrogen) atoms. The van der Waals surface area contributed by atoms with Gasteiger partial charge in [-0.3, -0.25) is 9.79 Å². The third-order valence-electron chi connectivity index (χ3n) is 4.19. The van der Waals surface area contributed by atoms with Crippen molar-refractivity contribution in [2.24, 2.45) is 4.99 Å². The maximum atomic E-state index is 12.3. The summed E-state index contributed by atoms with van der Waals surface area (Å²) in [6, 6.07) is 19.4. The second-order valence-corrected chi connectivity index (χ2v) is 8.16. The Morgan fingerprint density at radius 2 is 1.97 bits per heavy atom. The van der Waals surface area contributed by atoms with Crippen LogP contribution in [0.1, 0.15) is 30.9 Å². The van der Waals surface area contributed by atoms with Crippen LogP contribution in [0.4, 0.5) is 11.4 Å². The molecule has 3 rings (SSSR count). The number of thioether (sulfide) groups is 1. The molecular formula is C23H22ClN3OS. The molecule has 0 saturated heterocycles. The van der Waals surface area contributed by atoms with Crippen molar-refractivity contribution < 1.29 is 4.79 Å². The van der Waals surface area contributed by atoms with E-state index in [1.54, 1.807) is 12.4 Å². The van der Waals surface area contributed by atoms with E-state index in [1.165, 1.54) is 17.3 Å². The first kappa shape index (κ1) is 21.1. The van der Waals surface area contributed by atoms with Gasteiger partial charge < -0.3 is 5.32 Å². The van der Waals surface area contributed by atoms with Gasteiger partial charge in [0.25, 0.3) is 0 Å². The number of rotatable bonds is 7. The van der Waals surface area contributed by atoms with Crippen LogP contribution >= 0.6 is 23.4 Å². The van der Waals surface area contributed by atoms with Crippen LogP contribution < -0.4 is 5.32 Å². The Labute approximate surface area is 180 Å². The second kappa shape index (κ2) is 10.2. The molecule has 2 aromatic carbocycles. The minimum Gasteiger partial charge on any atom is -0.325 e. The van der Waals surface area contributed by atoms with Crippen molar-refractivity contribution in [3.63, 3.8) is 0 Å². The third-order valence-corrected chi connectivity index (χ3v) is 5.50. The summed E-state index contributed by atoms with van der Waals surface area (Å²) in [5.74, 6) is 0.760. The van der Waals surface area contributed by atoms with Crippen molar-refractivity contribution in [2.45, 2.75) is 24.7 Å². The van der Waals surface area contributed by atoms with Crippen LogP contribution in [0.15, 0.2) is 76.7 Å². The Kier molecular flexibility index (Phi) is 7.44. The molecule has 0 saturated carbocycles. The number of nitrogens with one attached hydrogen (secondary N) is 1. The zero-order valence-corrected chi connectivity index (χ0v) is 17.9. The van der Waals surface area contributed by atoms with E-state index >= 15 is 0 Å². The van der Waals surface area contributed by atoms with E-state index in [1.807, 2.05) is 60.7 Å². The summed E-state index contributed by atoms with van der Waals surface area (Å²) >= 11 is 7.52. The van der Waals surface area contributed by atoms with Crippen molar-refractivity contribution in [2.75, 3.05) is 11.1 Å². The van der Waals surface area contributed by atoms with Gasteiger partial charge in [-0.2, -0.15) is 0 Å². The van der Waals surface area contributed by atoms with E-state index in [2.05, 4.69) is 29.1 Å². The first-order valence-corrected chi connectivity index (χ1v) is 10.6. The standard InChI is InChI=1S/C23H22ClN3OS/c1-16(2)17-8-10-19(11-9-17)27-22(28)15-29-21-7-3-6-20(13-21)26-14-18-5-4-12-25-23(18)24/h3-14,16H,15H2,1-2H3,(H,27,28). The van der Waals surface area contributed by atoms with E-state index in [0.717, 1.165) is 21.8 Å². The first-order chi connectivity index (χ1) is 14.0. The summed E-state index contributed by atoms with van der Waals surface area (Å²) in [5, 5.41) is 3.35. The van der Waals surface area contributed by atoms with E-state index in [-0.39, 0.29) is 5.91 Å². The molecule has 3 aromatic rings. The lowest BCUT2D eigenvalue weighted by atomic mass is 10.0. The Hall–Kier alpha value is -2.63. The van der Waals surface area contributed by atoms with Crippen LogP contribution in [0.25, 0.3) is 0 Å². The van der Waals surface area contributed by atoms with Gasteiger partial charge in [-0.25, -0.2) is 4.98 Å². The zero-order chi connectivity index (χ0) is 20.6. The number of pyridine rings is 1. The van der Waals surface area contributed by atoms with Gasteiger partial charge in [0.05, 0.1) is 11.4 Å². The number of halogens is 1. The predicted molar refractivity (Wildman–Crippen MR) is 123 cm³/mol. The van der Waals surface area contributed by atoms with Crippen LogP contribution in [-0.4, -0.2) is 22.9 Å². The van der Waals surface area contributed by atoms with Crippen molar-refractivity contribution in [3.8, 4) is 0 Å². The second-order valence-electron chi connectivity index (χ2n) is 6.75. The fourth-order valence-electron chi connectivity index (χ4n) is 2.59. The summed E-state index contributed by atoms with van der Waals surface area (Å²) < 4.78 is 0. The zero-order valence-electron chi connectivity index (χ0n) is 16.3.